The third kappa shape index (κ3) is 3.74. The van der Waals surface area contributed by atoms with Gasteiger partial charge in [-0.3, -0.25) is 4.79 Å². The summed E-state index contributed by atoms with van der Waals surface area (Å²) in [6.45, 7) is 3.29. The van der Waals surface area contributed by atoms with Crippen LogP contribution in [0.3, 0.4) is 0 Å². The summed E-state index contributed by atoms with van der Waals surface area (Å²) >= 11 is 0. The van der Waals surface area contributed by atoms with Crippen molar-refractivity contribution in [3.05, 3.63) is 71.7 Å². The van der Waals surface area contributed by atoms with Crippen molar-refractivity contribution in [2.45, 2.75) is 26.0 Å². The quantitative estimate of drug-likeness (QED) is 0.686. The molecule has 0 aliphatic carbocycles. The number of hydrogen-bond donors (Lipinski definition) is 2. The lowest BCUT2D eigenvalue weighted by atomic mass is 10.1. The second-order valence-electron chi connectivity index (χ2n) is 6.08. The van der Waals surface area contributed by atoms with Crippen LogP contribution in [0.2, 0.25) is 0 Å². The predicted molar refractivity (Wildman–Crippen MR) is 96.1 cm³/mol. The zero-order valence-electron chi connectivity index (χ0n) is 14.5. The van der Waals surface area contributed by atoms with Gasteiger partial charge >= 0.3 is 5.97 Å². The maximum absolute atomic E-state index is 13.0. The average molecular weight is 354 g/mol. The molecule has 1 amide bonds. The second kappa shape index (κ2) is 7.39. The molecule has 0 fully saturated rings. The molecule has 3 aromatic rings. The Hall–Kier alpha value is -3.15. The molecule has 134 valence electrons. The number of amides is 1. The number of para-hydroxylation sites is 1. The Morgan fingerprint density at radius 3 is 2.50 bits per heavy atom. The van der Waals surface area contributed by atoms with Crippen molar-refractivity contribution in [1.29, 1.82) is 0 Å². The number of rotatable bonds is 5. The van der Waals surface area contributed by atoms with Crippen LogP contribution in [-0.2, 0) is 9.53 Å². The van der Waals surface area contributed by atoms with Crippen molar-refractivity contribution in [2.24, 2.45) is 0 Å². The van der Waals surface area contributed by atoms with Crippen LogP contribution >= 0.6 is 0 Å². The molecule has 1 aromatic heterocycles. The van der Waals surface area contributed by atoms with E-state index in [1.165, 1.54) is 19.1 Å². The zero-order chi connectivity index (χ0) is 18.7. The van der Waals surface area contributed by atoms with E-state index >= 15 is 0 Å². The number of carbonyl (C=O) groups is 2. The van der Waals surface area contributed by atoms with Crippen LogP contribution in [0.1, 0.15) is 35.8 Å². The Labute approximate surface area is 150 Å². The molecule has 0 saturated carbocycles. The molecule has 26 heavy (non-hydrogen) atoms. The SMILES string of the molecule is C[C@H](OC(=O)c1c[nH]c2ccccc12)C(=O)N[C@@H](C)c1ccc(F)cc1. The fourth-order valence-corrected chi connectivity index (χ4v) is 2.68. The standard InChI is InChI=1S/C20H19FN2O3/c1-12(14-7-9-15(21)10-8-14)23-19(24)13(2)26-20(25)17-11-22-18-6-4-3-5-16(17)18/h3-13,22H,1-2H3,(H,23,24)/t12-,13-/m0/s1. The number of carbonyl (C=O) groups excluding carboxylic acids is 2. The Bertz CT molecular complexity index is 934. The number of fused-ring (bicyclic) bond motifs is 1. The Balaban J connectivity index is 1.63. The minimum atomic E-state index is -0.959. The molecule has 0 aliphatic heterocycles. The highest BCUT2D eigenvalue weighted by molar-refractivity contribution is 6.04. The monoisotopic (exact) mass is 354 g/mol. The lowest BCUT2D eigenvalue weighted by molar-refractivity contribution is -0.129. The molecule has 0 saturated heterocycles. The number of H-pyrrole nitrogens is 1. The van der Waals surface area contributed by atoms with Crippen molar-refractivity contribution in [3.8, 4) is 0 Å². The second-order valence-corrected chi connectivity index (χ2v) is 6.08. The van der Waals surface area contributed by atoms with Crippen LogP contribution in [0.25, 0.3) is 10.9 Å². The van der Waals surface area contributed by atoms with E-state index < -0.39 is 18.0 Å². The summed E-state index contributed by atoms with van der Waals surface area (Å²) in [6.07, 6.45) is 0.609. The first kappa shape index (κ1) is 17.7. The van der Waals surface area contributed by atoms with E-state index in [1.54, 1.807) is 25.3 Å². The van der Waals surface area contributed by atoms with Gasteiger partial charge in [0.1, 0.15) is 5.82 Å². The third-order valence-electron chi connectivity index (χ3n) is 4.19. The fourth-order valence-electron chi connectivity index (χ4n) is 2.68. The van der Waals surface area contributed by atoms with Crippen molar-refractivity contribution in [2.75, 3.05) is 0 Å². The number of aromatic amines is 1. The van der Waals surface area contributed by atoms with Crippen LogP contribution in [0.15, 0.2) is 54.7 Å². The molecule has 0 spiro atoms. The van der Waals surface area contributed by atoms with E-state index in [0.717, 1.165) is 16.5 Å². The molecule has 2 aromatic carbocycles. The third-order valence-corrected chi connectivity index (χ3v) is 4.19. The van der Waals surface area contributed by atoms with Gasteiger partial charge in [0.15, 0.2) is 6.10 Å². The maximum atomic E-state index is 13.0. The summed E-state index contributed by atoms with van der Waals surface area (Å²) in [4.78, 5) is 27.7. The van der Waals surface area contributed by atoms with E-state index in [4.69, 9.17) is 4.74 Å². The summed E-state index contributed by atoms with van der Waals surface area (Å²) in [5.41, 5.74) is 1.96. The van der Waals surface area contributed by atoms with Gasteiger partial charge in [-0.2, -0.15) is 0 Å². The lowest BCUT2D eigenvalue weighted by Gasteiger charge is -2.18. The summed E-state index contributed by atoms with van der Waals surface area (Å²) in [5, 5.41) is 3.50. The van der Waals surface area contributed by atoms with Crippen molar-refractivity contribution in [1.82, 2.24) is 10.3 Å². The largest absolute Gasteiger partial charge is 0.449 e. The van der Waals surface area contributed by atoms with Gasteiger partial charge in [0.2, 0.25) is 0 Å². The predicted octanol–water partition coefficient (Wildman–Crippen LogP) is 3.73. The first-order chi connectivity index (χ1) is 12.5. The first-order valence-electron chi connectivity index (χ1n) is 8.28. The maximum Gasteiger partial charge on any atom is 0.341 e. The van der Waals surface area contributed by atoms with Crippen LogP contribution in [0, 0.1) is 5.82 Å². The first-order valence-corrected chi connectivity index (χ1v) is 8.28. The van der Waals surface area contributed by atoms with E-state index in [2.05, 4.69) is 10.3 Å². The lowest BCUT2D eigenvalue weighted by Crippen LogP contribution is -2.37. The molecule has 0 aliphatic rings. The molecule has 3 rings (SSSR count). The fraction of sp³-hybridized carbons (Fsp3) is 0.200. The van der Waals surface area contributed by atoms with E-state index in [0.29, 0.717) is 5.56 Å². The average Bonchev–Trinajstić information content (AvgIpc) is 3.06. The number of benzene rings is 2. The van der Waals surface area contributed by atoms with Gasteiger partial charge in [-0.25, -0.2) is 9.18 Å². The molecule has 5 nitrogen and oxygen atoms in total. The van der Waals surface area contributed by atoms with Gasteiger partial charge in [-0.05, 0) is 37.6 Å². The number of ether oxygens (including phenoxy) is 1. The van der Waals surface area contributed by atoms with Gasteiger partial charge in [0, 0.05) is 17.1 Å². The van der Waals surface area contributed by atoms with Crippen LogP contribution in [-0.4, -0.2) is 23.0 Å². The van der Waals surface area contributed by atoms with Crippen LogP contribution in [0.4, 0.5) is 4.39 Å². The van der Waals surface area contributed by atoms with Crippen molar-refractivity contribution >= 4 is 22.8 Å². The number of nitrogens with one attached hydrogen (secondary N) is 2. The Morgan fingerprint density at radius 2 is 1.77 bits per heavy atom. The number of halogens is 1. The van der Waals surface area contributed by atoms with Gasteiger partial charge in [-0.15, -0.1) is 0 Å². The van der Waals surface area contributed by atoms with Gasteiger partial charge in [0.25, 0.3) is 5.91 Å². The normalized spacial score (nSPS) is 13.2. The van der Waals surface area contributed by atoms with E-state index in [1.807, 2.05) is 24.3 Å². The highest BCUT2D eigenvalue weighted by Crippen LogP contribution is 2.19. The minimum absolute atomic E-state index is 0.336. The highest BCUT2D eigenvalue weighted by atomic mass is 19.1. The number of aromatic nitrogens is 1. The molecular formula is C20H19FN2O3. The van der Waals surface area contributed by atoms with Crippen LogP contribution in [0.5, 0.6) is 0 Å². The Kier molecular flexibility index (Phi) is 5.02. The van der Waals surface area contributed by atoms with Crippen molar-refractivity contribution < 1.29 is 18.7 Å². The number of hydrogen-bond acceptors (Lipinski definition) is 3. The molecular weight excluding hydrogens is 335 g/mol. The van der Waals surface area contributed by atoms with Gasteiger partial charge < -0.3 is 15.0 Å². The Morgan fingerprint density at radius 1 is 1.08 bits per heavy atom. The summed E-state index contributed by atoms with van der Waals surface area (Å²) < 4.78 is 18.3. The smallest absolute Gasteiger partial charge is 0.341 e. The van der Waals surface area contributed by atoms with Crippen LogP contribution < -0.4 is 5.32 Å². The summed E-state index contributed by atoms with van der Waals surface area (Å²) in [5.74, 6) is -1.33. The number of esters is 1. The summed E-state index contributed by atoms with van der Waals surface area (Å²) in [6, 6.07) is 12.9. The van der Waals surface area contributed by atoms with E-state index in [-0.39, 0.29) is 11.9 Å². The molecule has 0 unspecified atom stereocenters. The molecule has 6 heteroatoms. The van der Waals surface area contributed by atoms with Gasteiger partial charge in [-0.1, -0.05) is 30.3 Å². The van der Waals surface area contributed by atoms with Gasteiger partial charge in [0.05, 0.1) is 11.6 Å². The zero-order valence-corrected chi connectivity index (χ0v) is 14.5. The van der Waals surface area contributed by atoms with E-state index in [9.17, 15) is 14.0 Å². The summed E-state index contributed by atoms with van der Waals surface area (Å²) in [7, 11) is 0. The highest BCUT2D eigenvalue weighted by Gasteiger charge is 2.22. The topological polar surface area (TPSA) is 71.2 Å². The molecule has 2 N–H and O–H groups in total. The molecule has 0 radical (unpaired) electrons. The molecule has 0 bridgehead atoms. The minimum Gasteiger partial charge on any atom is -0.449 e. The molecule has 2 atom stereocenters. The molecule has 1 heterocycles. The van der Waals surface area contributed by atoms with Crippen molar-refractivity contribution in [3.63, 3.8) is 0 Å².